The number of hydrogen-bond donors (Lipinski definition) is 0. The molecule has 152 valence electrons. The highest BCUT2D eigenvalue weighted by Crippen LogP contribution is 2.28. The van der Waals surface area contributed by atoms with Crippen molar-refractivity contribution in [3.05, 3.63) is 77.9 Å². The van der Waals surface area contributed by atoms with E-state index in [1.165, 1.54) is 11.3 Å². The SMILES string of the molecule is Cc1ccc(N=Nc2ccc(N=Nc3ccc(N4CCOCC4)cc3)c(C)c2)cc1. The number of benzene rings is 3. The smallest absolute Gasteiger partial charge is 0.0887 e. The van der Waals surface area contributed by atoms with Crippen molar-refractivity contribution < 1.29 is 4.74 Å². The second-order valence-electron chi connectivity index (χ2n) is 7.32. The average molecular weight is 399 g/mol. The van der Waals surface area contributed by atoms with Gasteiger partial charge in [-0.3, -0.25) is 0 Å². The van der Waals surface area contributed by atoms with Crippen molar-refractivity contribution in [2.45, 2.75) is 13.8 Å². The summed E-state index contributed by atoms with van der Waals surface area (Å²) in [6, 6.07) is 21.9. The van der Waals surface area contributed by atoms with E-state index < -0.39 is 0 Å². The molecule has 3 aromatic rings. The summed E-state index contributed by atoms with van der Waals surface area (Å²) in [6.07, 6.45) is 0. The Morgan fingerprint density at radius 1 is 0.667 bits per heavy atom. The van der Waals surface area contributed by atoms with E-state index in [0.29, 0.717) is 0 Å². The van der Waals surface area contributed by atoms with Crippen LogP contribution in [0.25, 0.3) is 0 Å². The highest BCUT2D eigenvalue weighted by atomic mass is 16.5. The van der Waals surface area contributed by atoms with Gasteiger partial charge in [-0.25, -0.2) is 0 Å². The second-order valence-corrected chi connectivity index (χ2v) is 7.32. The molecular weight excluding hydrogens is 374 g/mol. The van der Waals surface area contributed by atoms with Gasteiger partial charge < -0.3 is 9.64 Å². The zero-order valence-corrected chi connectivity index (χ0v) is 17.3. The monoisotopic (exact) mass is 399 g/mol. The van der Waals surface area contributed by atoms with E-state index >= 15 is 0 Å². The van der Waals surface area contributed by atoms with E-state index in [4.69, 9.17) is 4.74 Å². The number of rotatable bonds is 5. The standard InChI is InChI=1S/C24H25N5O/c1-18-3-5-20(6-4-18)25-27-22-9-12-24(19(2)17-22)28-26-21-7-10-23(11-8-21)29-13-15-30-16-14-29/h3-12,17H,13-16H2,1-2H3. The molecule has 4 rings (SSSR count). The van der Waals surface area contributed by atoms with Gasteiger partial charge in [0.1, 0.15) is 0 Å². The number of azo groups is 2. The molecule has 0 bridgehead atoms. The normalized spacial score (nSPS) is 14.7. The van der Waals surface area contributed by atoms with Crippen molar-refractivity contribution in [3.8, 4) is 0 Å². The lowest BCUT2D eigenvalue weighted by atomic mass is 10.2. The lowest BCUT2D eigenvalue weighted by Gasteiger charge is -2.28. The Kier molecular flexibility index (Phi) is 6.25. The Hall–Kier alpha value is -3.38. The third-order valence-electron chi connectivity index (χ3n) is 4.99. The molecule has 1 aliphatic heterocycles. The number of morpholine rings is 1. The van der Waals surface area contributed by atoms with E-state index in [1.54, 1.807) is 0 Å². The molecular formula is C24H25N5O. The predicted octanol–water partition coefficient (Wildman–Crippen LogP) is 6.97. The molecule has 3 aromatic carbocycles. The molecule has 0 atom stereocenters. The fourth-order valence-electron chi connectivity index (χ4n) is 3.20. The van der Waals surface area contributed by atoms with Crippen LogP contribution in [-0.4, -0.2) is 26.3 Å². The maximum Gasteiger partial charge on any atom is 0.0887 e. The van der Waals surface area contributed by atoms with E-state index in [2.05, 4.69) is 44.4 Å². The molecule has 0 spiro atoms. The summed E-state index contributed by atoms with van der Waals surface area (Å²) in [5, 5.41) is 17.4. The molecule has 30 heavy (non-hydrogen) atoms. The highest BCUT2D eigenvalue weighted by Gasteiger charge is 2.10. The van der Waals surface area contributed by atoms with Crippen LogP contribution < -0.4 is 4.90 Å². The first kappa shape index (κ1) is 19.9. The molecule has 0 amide bonds. The molecule has 0 saturated carbocycles. The van der Waals surface area contributed by atoms with Gasteiger partial charge >= 0.3 is 0 Å². The Bertz CT molecular complexity index is 1040. The van der Waals surface area contributed by atoms with Crippen LogP contribution in [0.15, 0.2) is 87.2 Å². The quantitative estimate of drug-likeness (QED) is 0.435. The van der Waals surface area contributed by atoms with Crippen LogP contribution in [0.2, 0.25) is 0 Å². The number of nitrogens with zero attached hydrogens (tertiary/aromatic N) is 5. The third kappa shape index (κ3) is 5.15. The van der Waals surface area contributed by atoms with Crippen LogP contribution >= 0.6 is 0 Å². The van der Waals surface area contributed by atoms with E-state index in [9.17, 15) is 0 Å². The molecule has 0 aromatic heterocycles. The van der Waals surface area contributed by atoms with Gasteiger partial charge in [0.15, 0.2) is 0 Å². The fraction of sp³-hybridized carbons (Fsp3) is 0.250. The lowest BCUT2D eigenvalue weighted by molar-refractivity contribution is 0.122. The molecule has 0 N–H and O–H groups in total. The molecule has 1 fully saturated rings. The van der Waals surface area contributed by atoms with Gasteiger partial charge in [-0.15, -0.1) is 0 Å². The maximum atomic E-state index is 5.41. The lowest BCUT2D eigenvalue weighted by Crippen LogP contribution is -2.36. The molecule has 6 nitrogen and oxygen atoms in total. The van der Waals surface area contributed by atoms with Crippen molar-refractivity contribution >= 4 is 28.4 Å². The summed E-state index contributed by atoms with van der Waals surface area (Å²) in [6.45, 7) is 7.46. The maximum absolute atomic E-state index is 5.41. The highest BCUT2D eigenvalue weighted by molar-refractivity contribution is 5.55. The largest absolute Gasteiger partial charge is 0.378 e. The second kappa shape index (κ2) is 9.41. The predicted molar refractivity (Wildman–Crippen MR) is 120 cm³/mol. The van der Waals surface area contributed by atoms with Crippen molar-refractivity contribution in [2.24, 2.45) is 20.5 Å². The Morgan fingerprint density at radius 2 is 1.23 bits per heavy atom. The Labute approximate surface area is 176 Å². The number of aryl methyl sites for hydroxylation is 2. The topological polar surface area (TPSA) is 61.9 Å². The summed E-state index contributed by atoms with van der Waals surface area (Å²) >= 11 is 0. The van der Waals surface area contributed by atoms with Gasteiger partial charge in [0, 0.05) is 18.8 Å². The molecule has 0 aliphatic carbocycles. The molecule has 1 heterocycles. The van der Waals surface area contributed by atoms with Crippen molar-refractivity contribution in [3.63, 3.8) is 0 Å². The van der Waals surface area contributed by atoms with E-state index in [-0.39, 0.29) is 0 Å². The Balaban J connectivity index is 1.41. The van der Waals surface area contributed by atoms with Crippen molar-refractivity contribution in [1.29, 1.82) is 0 Å². The molecule has 1 aliphatic rings. The average Bonchev–Trinajstić information content (AvgIpc) is 2.79. The molecule has 0 unspecified atom stereocenters. The van der Waals surface area contributed by atoms with Crippen LogP contribution in [-0.2, 0) is 4.74 Å². The van der Waals surface area contributed by atoms with Crippen LogP contribution in [0.5, 0.6) is 0 Å². The number of ether oxygens (including phenoxy) is 1. The van der Waals surface area contributed by atoms with E-state index in [1.807, 2.05) is 61.5 Å². The summed E-state index contributed by atoms with van der Waals surface area (Å²) in [7, 11) is 0. The minimum absolute atomic E-state index is 0.779. The van der Waals surface area contributed by atoms with Crippen LogP contribution in [0.1, 0.15) is 11.1 Å². The molecule has 1 saturated heterocycles. The zero-order valence-electron chi connectivity index (χ0n) is 17.3. The minimum Gasteiger partial charge on any atom is -0.378 e. The summed E-state index contributed by atoms with van der Waals surface area (Å²) in [5.74, 6) is 0. The molecule has 6 heteroatoms. The first-order chi connectivity index (χ1) is 14.7. The third-order valence-corrected chi connectivity index (χ3v) is 4.99. The van der Waals surface area contributed by atoms with Crippen molar-refractivity contribution in [2.75, 3.05) is 31.2 Å². The van der Waals surface area contributed by atoms with Gasteiger partial charge in [-0.05, 0) is 74.0 Å². The van der Waals surface area contributed by atoms with Crippen molar-refractivity contribution in [1.82, 2.24) is 0 Å². The molecule has 0 radical (unpaired) electrons. The van der Waals surface area contributed by atoms with Gasteiger partial charge in [-0.1, -0.05) is 17.7 Å². The van der Waals surface area contributed by atoms with Crippen LogP contribution in [0.4, 0.5) is 28.4 Å². The zero-order chi connectivity index (χ0) is 20.8. The summed E-state index contributed by atoms with van der Waals surface area (Å²) < 4.78 is 5.41. The summed E-state index contributed by atoms with van der Waals surface area (Å²) in [4.78, 5) is 2.32. The van der Waals surface area contributed by atoms with Gasteiger partial charge in [0.2, 0.25) is 0 Å². The first-order valence-corrected chi connectivity index (χ1v) is 10.1. The van der Waals surface area contributed by atoms with Crippen LogP contribution in [0.3, 0.4) is 0 Å². The van der Waals surface area contributed by atoms with Gasteiger partial charge in [0.25, 0.3) is 0 Å². The number of anilines is 1. The number of hydrogen-bond acceptors (Lipinski definition) is 6. The first-order valence-electron chi connectivity index (χ1n) is 10.1. The van der Waals surface area contributed by atoms with Gasteiger partial charge in [0.05, 0.1) is 36.0 Å². The van der Waals surface area contributed by atoms with Crippen LogP contribution in [0, 0.1) is 13.8 Å². The summed E-state index contributed by atoms with van der Waals surface area (Å²) in [5.41, 5.74) is 6.68. The minimum atomic E-state index is 0.779. The fourth-order valence-corrected chi connectivity index (χ4v) is 3.20. The Morgan fingerprint density at radius 3 is 1.90 bits per heavy atom. The van der Waals surface area contributed by atoms with E-state index in [0.717, 1.165) is 54.6 Å². The van der Waals surface area contributed by atoms with Gasteiger partial charge in [-0.2, -0.15) is 20.5 Å².